The third-order valence-corrected chi connectivity index (χ3v) is 3.39. The molecule has 1 N–H and O–H groups in total. The molecule has 1 aliphatic carbocycles. The van der Waals surface area contributed by atoms with E-state index in [9.17, 15) is 9.90 Å². The number of aromatic nitrogens is 1. The highest BCUT2D eigenvalue weighted by Gasteiger charge is 2.31. The average molecular weight is 299 g/mol. The molecule has 5 heteroatoms. The van der Waals surface area contributed by atoms with Crippen LogP contribution in [0.1, 0.15) is 23.3 Å². The van der Waals surface area contributed by atoms with E-state index >= 15 is 0 Å². The number of carbonyl (C=O) groups excluding carboxylic acids is 1. The van der Waals surface area contributed by atoms with E-state index in [1.807, 2.05) is 0 Å². The summed E-state index contributed by atoms with van der Waals surface area (Å²) < 4.78 is 0.842. The van der Waals surface area contributed by atoms with Crippen molar-refractivity contribution in [3.8, 4) is 0 Å². The van der Waals surface area contributed by atoms with Crippen molar-refractivity contribution in [2.75, 3.05) is 13.6 Å². The molecule has 17 heavy (non-hydrogen) atoms. The van der Waals surface area contributed by atoms with Gasteiger partial charge in [-0.05, 0) is 46.8 Å². The normalized spacial score (nSPS) is 16.6. The number of nitrogens with zero attached hydrogens (tertiary/aromatic N) is 2. The van der Waals surface area contributed by atoms with Crippen LogP contribution in [-0.2, 0) is 0 Å². The lowest BCUT2D eigenvalue weighted by Gasteiger charge is -2.20. The smallest absolute Gasteiger partial charge is 0.272 e. The molecular weight excluding hydrogens is 284 g/mol. The highest BCUT2D eigenvalue weighted by Crippen LogP contribution is 2.32. The van der Waals surface area contributed by atoms with Gasteiger partial charge < -0.3 is 10.0 Å². The van der Waals surface area contributed by atoms with E-state index in [1.54, 1.807) is 25.4 Å². The molecule has 1 aliphatic rings. The summed E-state index contributed by atoms with van der Waals surface area (Å²) in [6, 6.07) is 3.46. The zero-order valence-corrected chi connectivity index (χ0v) is 11.2. The maximum atomic E-state index is 12.0. The Kier molecular flexibility index (Phi) is 3.79. The lowest BCUT2D eigenvalue weighted by atomic mass is 10.2. The molecule has 1 fully saturated rings. The van der Waals surface area contributed by atoms with Gasteiger partial charge in [-0.15, -0.1) is 0 Å². The predicted octanol–water partition coefficient (Wildman–Crippen LogP) is 1.69. The van der Waals surface area contributed by atoms with Crippen molar-refractivity contribution < 1.29 is 9.90 Å². The number of aliphatic hydroxyl groups excluding tert-OH is 1. The number of pyridine rings is 1. The summed E-state index contributed by atoms with van der Waals surface area (Å²) in [6.45, 7) is 0.376. The Morgan fingerprint density at radius 2 is 2.35 bits per heavy atom. The summed E-state index contributed by atoms with van der Waals surface area (Å²) in [5, 5.41) is 9.78. The second-order valence-electron chi connectivity index (χ2n) is 4.45. The van der Waals surface area contributed by atoms with Gasteiger partial charge in [-0.3, -0.25) is 4.79 Å². The molecule has 92 valence electrons. The molecule has 1 atom stereocenters. The fourth-order valence-electron chi connectivity index (χ4n) is 1.69. The van der Waals surface area contributed by atoms with Crippen molar-refractivity contribution in [1.29, 1.82) is 0 Å². The lowest BCUT2D eigenvalue weighted by Crippen LogP contribution is -2.35. The molecule has 0 radical (unpaired) electrons. The summed E-state index contributed by atoms with van der Waals surface area (Å²) in [4.78, 5) is 17.5. The van der Waals surface area contributed by atoms with Gasteiger partial charge in [0.25, 0.3) is 5.91 Å². The van der Waals surface area contributed by atoms with Gasteiger partial charge in [-0.1, -0.05) is 0 Å². The molecule has 0 saturated heterocycles. The minimum atomic E-state index is -0.403. The Morgan fingerprint density at radius 1 is 1.65 bits per heavy atom. The quantitative estimate of drug-likeness (QED) is 0.920. The number of hydrogen-bond acceptors (Lipinski definition) is 3. The van der Waals surface area contributed by atoms with Gasteiger partial charge >= 0.3 is 0 Å². The third-order valence-electron chi connectivity index (χ3n) is 2.92. The first-order valence-electron chi connectivity index (χ1n) is 5.63. The monoisotopic (exact) mass is 298 g/mol. The van der Waals surface area contributed by atoms with Crippen LogP contribution in [0, 0.1) is 5.92 Å². The van der Waals surface area contributed by atoms with Gasteiger partial charge in [-0.2, -0.15) is 0 Å². The first-order valence-corrected chi connectivity index (χ1v) is 6.42. The van der Waals surface area contributed by atoms with Crippen LogP contribution in [0.25, 0.3) is 0 Å². The van der Waals surface area contributed by atoms with E-state index in [-0.39, 0.29) is 5.91 Å². The number of likely N-dealkylation sites (N-methyl/N-ethyl adjacent to an activating group) is 1. The fraction of sp³-hybridized carbons (Fsp3) is 0.500. The number of hydrogen-bond donors (Lipinski definition) is 1. The molecule has 1 heterocycles. The largest absolute Gasteiger partial charge is 0.391 e. The molecule has 1 saturated carbocycles. The Labute approximate surface area is 109 Å². The number of aliphatic hydroxyl groups is 1. The van der Waals surface area contributed by atoms with E-state index in [1.165, 1.54) is 4.90 Å². The molecule has 1 aromatic rings. The zero-order valence-electron chi connectivity index (χ0n) is 9.64. The van der Waals surface area contributed by atoms with Crippen LogP contribution in [-0.4, -0.2) is 40.6 Å². The summed E-state index contributed by atoms with van der Waals surface area (Å²) in [5.74, 6) is 0.223. The summed E-state index contributed by atoms with van der Waals surface area (Å²) in [7, 11) is 1.69. The summed E-state index contributed by atoms with van der Waals surface area (Å²) >= 11 is 3.27. The second-order valence-corrected chi connectivity index (χ2v) is 5.37. The molecule has 2 rings (SSSR count). The standard InChI is InChI=1S/C12H15BrN2O2/c1-15(7-11(16)8-2-3-8)12(17)10-5-4-9(13)6-14-10/h4-6,8,11,16H,2-3,7H2,1H3. The molecule has 1 aromatic heterocycles. The highest BCUT2D eigenvalue weighted by molar-refractivity contribution is 9.10. The summed E-state index contributed by atoms with van der Waals surface area (Å²) in [5.41, 5.74) is 0.402. The number of halogens is 1. The maximum absolute atomic E-state index is 12.0. The molecule has 1 amide bonds. The van der Waals surface area contributed by atoms with Crippen LogP contribution in [0.15, 0.2) is 22.8 Å². The Bertz CT molecular complexity index is 403. The predicted molar refractivity (Wildman–Crippen MR) is 67.6 cm³/mol. The van der Waals surface area contributed by atoms with Crippen LogP contribution >= 0.6 is 15.9 Å². The van der Waals surface area contributed by atoms with Crippen LogP contribution in [0.2, 0.25) is 0 Å². The average Bonchev–Trinajstić information content (AvgIpc) is 3.12. The van der Waals surface area contributed by atoms with E-state index < -0.39 is 6.10 Å². The van der Waals surface area contributed by atoms with Gasteiger partial charge in [0.15, 0.2) is 0 Å². The van der Waals surface area contributed by atoms with Gasteiger partial charge in [0.1, 0.15) is 5.69 Å². The van der Waals surface area contributed by atoms with Crippen LogP contribution in [0.4, 0.5) is 0 Å². The Hall–Kier alpha value is -0.940. The van der Waals surface area contributed by atoms with Gasteiger partial charge in [0.2, 0.25) is 0 Å². The SMILES string of the molecule is CN(CC(O)C1CC1)C(=O)c1ccc(Br)cn1. The van der Waals surface area contributed by atoms with Gasteiger partial charge in [0, 0.05) is 24.3 Å². The highest BCUT2D eigenvalue weighted by atomic mass is 79.9. The third kappa shape index (κ3) is 3.26. The minimum absolute atomic E-state index is 0.155. The number of rotatable bonds is 4. The van der Waals surface area contributed by atoms with Crippen LogP contribution < -0.4 is 0 Å². The van der Waals surface area contributed by atoms with E-state index in [0.717, 1.165) is 17.3 Å². The lowest BCUT2D eigenvalue weighted by molar-refractivity contribution is 0.0640. The fourth-order valence-corrected chi connectivity index (χ4v) is 1.93. The Morgan fingerprint density at radius 3 is 2.88 bits per heavy atom. The molecule has 4 nitrogen and oxygen atoms in total. The van der Waals surface area contributed by atoms with Crippen molar-refractivity contribution in [1.82, 2.24) is 9.88 Å². The van der Waals surface area contributed by atoms with Crippen molar-refractivity contribution in [3.05, 3.63) is 28.5 Å². The van der Waals surface area contributed by atoms with Crippen molar-refractivity contribution in [3.63, 3.8) is 0 Å². The first kappa shape index (κ1) is 12.5. The molecular formula is C12H15BrN2O2. The first-order chi connectivity index (χ1) is 8.08. The molecule has 1 unspecified atom stereocenters. The minimum Gasteiger partial charge on any atom is -0.391 e. The zero-order chi connectivity index (χ0) is 12.4. The van der Waals surface area contributed by atoms with Crippen molar-refractivity contribution in [2.45, 2.75) is 18.9 Å². The van der Waals surface area contributed by atoms with Crippen LogP contribution in [0.3, 0.4) is 0 Å². The van der Waals surface area contributed by atoms with E-state index in [2.05, 4.69) is 20.9 Å². The maximum Gasteiger partial charge on any atom is 0.272 e. The molecule has 0 aromatic carbocycles. The number of amides is 1. The summed E-state index contributed by atoms with van der Waals surface area (Å²) in [6.07, 6.45) is 3.33. The topological polar surface area (TPSA) is 53.4 Å². The Balaban J connectivity index is 1.96. The van der Waals surface area contributed by atoms with E-state index in [0.29, 0.717) is 18.2 Å². The second kappa shape index (κ2) is 5.14. The molecule has 0 aliphatic heterocycles. The van der Waals surface area contributed by atoms with E-state index in [4.69, 9.17) is 0 Å². The van der Waals surface area contributed by atoms with Crippen molar-refractivity contribution in [2.24, 2.45) is 5.92 Å². The van der Waals surface area contributed by atoms with Gasteiger partial charge in [0.05, 0.1) is 6.10 Å². The molecule has 0 bridgehead atoms. The van der Waals surface area contributed by atoms with Crippen molar-refractivity contribution >= 4 is 21.8 Å². The van der Waals surface area contributed by atoms with Crippen LogP contribution in [0.5, 0.6) is 0 Å². The van der Waals surface area contributed by atoms with Gasteiger partial charge in [-0.25, -0.2) is 4.98 Å². The molecule has 0 spiro atoms. The number of carbonyl (C=O) groups is 1.